The summed E-state index contributed by atoms with van der Waals surface area (Å²) in [5, 5.41) is 10.3. The highest BCUT2D eigenvalue weighted by molar-refractivity contribution is 7.89. The third kappa shape index (κ3) is 4.90. The van der Waals surface area contributed by atoms with E-state index in [4.69, 9.17) is 0 Å². The first kappa shape index (κ1) is 19.9. The Hall–Kier alpha value is -1.87. The minimum atomic E-state index is -3.68. The Kier molecular flexibility index (Phi) is 6.21. The van der Waals surface area contributed by atoms with E-state index in [-0.39, 0.29) is 11.4 Å². The number of nitrogens with zero attached hydrogens (tertiary/aromatic N) is 2. The number of rotatable bonds is 5. The van der Waals surface area contributed by atoms with Crippen LogP contribution >= 0.6 is 0 Å². The SMILES string of the molecule is O=S(=O)(c1ccc(F)cc1)N1CCCN(CC(O)c2cccc(F)c2)CC1. The summed E-state index contributed by atoms with van der Waals surface area (Å²) in [6.45, 7) is 2.00. The van der Waals surface area contributed by atoms with Gasteiger partial charge in [0.05, 0.1) is 11.0 Å². The number of hydrogen-bond donors (Lipinski definition) is 1. The standard InChI is InChI=1S/C19H22F2N2O3S/c20-16-5-7-18(8-6-16)27(25,26)23-10-2-9-22(11-12-23)14-19(24)15-3-1-4-17(21)13-15/h1,3-8,13,19,24H,2,9-12,14H2. The lowest BCUT2D eigenvalue weighted by Gasteiger charge is -2.24. The molecule has 1 atom stereocenters. The zero-order chi connectivity index (χ0) is 19.4. The lowest BCUT2D eigenvalue weighted by atomic mass is 10.1. The first-order valence-electron chi connectivity index (χ1n) is 8.78. The fourth-order valence-electron chi connectivity index (χ4n) is 3.19. The van der Waals surface area contributed by atoms with Gasteiger partial charge in [0.25, 0.3) is 0 Å². The fraction of sp³-hybridized carbons (Fsp3) is 0.368. The van der Waals surface area contributed by atoms with Crippen molar-refractivity contribution in [3.05, 3.63) is 65.7 Å². The number of aliphatic hydroxyl groups excluding tert-OH is 1. The van der Waals surface area contributed by atoms with E-state index in [0.717, 1.165) is 12.1 Å². The van der Waals surface area contributed by atoms with Gasteiger partial charge in [0.2, 0.25) is 10.0 Å². The predicted octanol–water partition coefficient (Wildman–Crippen LogP) is 2.39. The molecule has 1 N–H and O–H groups in total. The summed E-state index contributed by atoms with van der Waals surface area (Å²) < 4.78 is 53.2. The topological polar surface area (TPSA) is 60.9 Å². The van der Waals surface area contributed by atoms with Crippen LogP contribution in [0.1, 0.15) is 18.1 Å². The van der Waals surface area contributed by atoms with Gasteiger partial charge in [0.15, 0.2) is 0 Å². The first-order chi connectivity index (χ1) is 12.9. The summed E-state index contributed by atoms with van der Waals surface area (Å²) >= 11 is 0. The van der Waals surface area contributed by atoms with Crippen molar-refractivity contribution in [3.63, 3.8) is 0 Å². The molecule has 1 heterocycles. The molecule has 3 rings (SSSR count). The molecule has 0 aliphatic carbocycles. The minimum absolute atomic E-state index is 0.0668. The van der Waals surface area contributed by atoms with Crippen LogP contribution in [0, 0.1) is 11.6 Å². The molecule has 2 aromatic rings. The summed E-state index contributed by atoms with van der Waals surface area (Å²) in [6, 6.07) is 10.6. The van der Waals surface area contributed by atoms with Gasteiger partial charge < -0.3 is 5.11 Å². The van der Waals surface area contributed by atoms with Crippen LogP contribution < -0.4 is 0 Å². The average molecular weight is 396 g/mol. The van der Waals surface area contributed by atoms with Gasteiger partial charge in [-0.3, -0.25) is 4.90 Å². The summed E-state index contributed by atoms with van der Waals surface area (Å²) in [5.41, 5.74) is 0.495. The molecule has 1 unspecified atom stereocenters. The van der Waals surface area contributed by atoms with Gasteiger partial charge in [0.1, 0.15) is 11.6 Å². The van der Waals surface area contributed by atoms with Crippen LogP contribution in [-0.4, -0.2) is 55.5 Å². The van der Waals surface area contributed by atoms with E-state index in [1.165, 1.54) is 28.6 Å². The lowest BCUT2D eigenvalue weighted by molar-refractivity contribution is 0.116. The minimum Gasteiger partial charge on any atom is -0.387 e. The Labute approximate surface area is 157 Å². The van der Waals surface area contributed by atoms with Crippen molar-refractivity contribution in [3.8, 4) is 0 Å². The Morgan fingerprint density at radius 2 is 1.70 bits per heavy atom. The summed E-state index contributed by atoms with van der Waals surface area (Å²) in [7, 11) is -3.68. The van der Waals surface area contributed by atoms with Crippen LogP contribution in [0.25, 0.3) is 0 Å². The van der Waals surface area contributed by atoms with Crippen molar-refractivity contribution in [2.75, 3.05) is 32.7 Å². The van der Waals surface area contributed by atoms with Crippen LogP contribution in [0.5, 0.6) is 0 Å². The van der Waals surface area contributed by atoms with Gasteiger partial charge in [-0.25, -0.2) is 17.2 Å². The Balaban J connectivity index is 1.64. The van der Waals surface area contributed by atoms with Crippen molar-refractivity contribution >= 4 is 10.0 Å². The third-order valence-electron chi connectivity index (χ3n) is 4.66. The highest BCUT2D eigenvalue weighted by Crippen LogP contribution is 2.20. The molecule has 0 bridgehead atoms. The van der Waals surface area contributed by atoms with E-state index in [1.807, 2.05) is 4.90 Å². The average Bonchev–Trinajstić information content (AvgIpc) is 2.88. The molecule has 0 spiro atoms. The second kappa shape index (κ2) is 8.43. The van der Waals surface area contributed by atoms with Gasteiger partial charge in [-0.2, -0.15) is 4.31 Å². The molecule has 27 heavy (non-hydrogen) atoms. The Morgan fingerprint density at radius 1 is 0.963 bits per heavy atom. The van der Waals surface area contributed by atoms with E-state index in [1.54, 1.807) is 12.1 Å². The first-order valence-corrected chi connectivity index (χ1v) is 10.2. The fourth-order valence-corrected chi connectivity index (χ4v) is 4.66. The number of halogens is 2. The maximum Gasteiger partial charge on any atom is 0.243 e. The third-order valence-corrected chi connectivity index (χ3v) is 6.58. The molecule has 0 aromatic heterocycles. The molecule has 2 aromatic carbocycles. The van der Waals surface area contributed by atoms with Crippen molar-refractivity contribution in [2.45, 2.75) is 17.4 Å². The normalized spacial score (nSPS) is 18.2. The number of benzene rings is 2. The summed E-state index contributed by atoms with van der Waals surface area (Å²) in [6.07, 6.45) is -0.239. The van der Waals surface area contributed by atoms with E-state index in [0.29, 0.717) is 38.2 Å². The van der Waals surface area contributed by atoms with E-state index in [9.17, 15) is 22.3 Å². The molecule has 1 fully saturated rings. The molecular formula is C19H22F2N2O3S. The quantitative estimate of drug-likeness (QED) is 0.843. The smallest absolute Gasteiger partial charge is 0.243 e. The van der Waals surface area contributed by atoms with Crippen molar-refractivity contribution in [2.24, 2.45) is 0 Å². The molecule has 0 amide bonds. The molecule has 8 heteroatoms. The number of β-amino-alcohol motifs (C(OH)–C–C–N with tert-alkyl or cyclic N) is 1. The predicted molar refractivity (Wildman–Crippen MR) is 97.6 cm³/mol. The van der Waals surface area contributed by atoms with Crippen LogP contribution in [0.3, 0.4) is 0 Å². The van der Waals surface area contributed by atoms with Gasteiger partial charge in [-0.1, -0.05) is 12.1 Å². The highest BCUT2D eigenvalue weighted by atomic mass is 32.2. The number of sulfonamides is 1. The second-order valence-corrected chi connectivity index (χ2v) is 8.52. The van der Waals surface area contributed by atoms with Gasteiger partial charge >= 0.3 is 0 Å². The highest BCUT2D eigenvalue weighted by Gasteiger charge is 2.27. The number of aliphatic hydroxyl groups is 1. The molecule has 1 saturated heterocycles. The van der Waals surface area contributed by atoms with Crippen LogP contribution in [-0.2, 0) is 10.0 Å². The van der Waals surface area contributed by atoms with Gasteiger partial charge in [-0.15, -0.1) is 0 Å². The largest absolute Gasteiger partial charge is 0.387 e. The van der Waals surface area contributed by atoms with E-state index < -0.39 is 27.8 Å². The maximum absolute atomic E-state index is 13.3. The van der Waals surface area contributed by atoms with Crippen molar-refractivity contribution in [1.82, 2.24) is 9.21 Å². The van der Waals surface area contributed by atoms with E-state index >= 15 is 0 Å². The zero-order valence-electron chi connectivity index (χ0n) is 14.8. The zero-order valence-corrected chi connectivity index (χ0v) is 15.6. The molecule has 5 nitrogen and oxygen atoms in total. The molecule has 0 radical (unpaired) electrons. The van der Waals surface area contributed by atoms with Crippen molar-refractivity contribution in [1.29, 1.82) is 0 Å². The van der Waals surface area contributed by atoms with Crippen LogP contribution in [0.4, 0.5) is 8.78 Å². The summed E-state index contributed by atoms with van der Waals surface area (Å²) in [5.74, 6) is -0.888. The van der Waals surface area contributed by atoms with Gasteiger partial charge in [-0.05, 0) is 54.9 Å². The molecule has 1 aliphatic rings. The number of hydrogen-bond acceptors (Lipinski definition) is 4. The molecule has 146 valence electrons. The molecular weight excluding hydrogens is 374 g/mol. The lowest BCUT2D eigenvalue weighted by Crippen LogP contribution is -2.36. The summed E-state index contributed by atoms with van der Waals surface area (Å²) in [4.78, 5) is 2.03. The van der Waals surface area contributed by atoms with Gasteiger partial charge in [0, 0.05) is 26.2 Å². The van der Waals surface area contributed by atoms with E-state index in [2.05, 4.69) is 0 Å². The van der Waals surface area contributed by atoms with Crippen molar-refractivity contribution < 1.29 is 22.3 Å². The maximum atomic E-state index is 13.3. The Bertz CT molecular complexity index is 875. The monoisotopic (exact) mass is 396 g/mol. The molecule has 0 saturated carbocycles. The van der Waals surface area contributed by atoms with Crippen LogP contribution in [0.15, 0.2) is 53.4 Å². The van der Waals surface area contributed by atoms with Crippen LogP contribution in [0.2, 0.25) is 0 Å². The Morgan fingerprint density at radius 3 is 2.41 bits per heavy atom. The molecule has 1 aliphatic heterocycles. The second-order valence-electron chi connectivity index (χ2n) is 6.58.